The van der Waals surface area contributed by atoms with Gasteiger partial charge in [-0.3, -0.25) is 15.1 Å². The van der Waals surface area contributed by atoms with Gasteiger partial charge in [0.25, 0.3) is 5.69 Å². The largest absolute Gasteiger partial charge is 0.389 e. The Morgan fingerprint density at radius 2 is 2.20 bits per heavy atom. The Kier molecular flexibility index (Phi) is 4.13. The van der Waals surface area contributed by atoms with E-state index >= 15 is 0 Å². The van der Waals surface area contributed by atoms with Gasteiger partial charge in [-0.05, 0) is 6.07 Å². The summed E-state index contributed by atoms with van der Waals surface area (Å²) < 4.78 is 0. The topological polar surface area (TPSA) is 96.5 Å². The molecule has 7 heteroatoms. The first-order valence-corrected chi connectivity index (χ1v) is 5.21. The Bertz CT molecular complexity index is 343. The van der Waals surface area contributed by atoms with E-state index in [-0.39, 0.29) is 16.7 Å². The van der Waals surface area contributed by atoms with Gasteiger partial charge in [0.05, 0.1) is 16.7 Å². The first-order chi connectivity index (χ1) is 7.06. The van der Waals surface area contributed by atoms with Crippen LogP contribution in [0, 0.1) is 10.1 Å². The third kappa shape index (κ3) is 2.95. The van der Waals surface area contributed by atoms with Crippen molar-refractivity contribution in [2.24, 2.45) is 0 Å². The van der Waals surface area contributed by atoms with Crippen LogP contribution in [0.4, 0.5) is 5.69 Å². The smallest absolute Gasteiger partial charge is 0.287 e. The molecular formula is C8H9BrN2O4. The SMILES string of the molecule is O=[N+]([O-])c1ccc(C(O)C(O)CBr)nc1. The van der Waals surface area contributed by atoms with Gasteiger partial charge >= 0.3 is 0 Å². The average molecular weight is 277 g/mol. The molecule has 0 radical (unpaired) electrons. The molecule has 0 fully saturated rings. The summed E-state index contributed by atoms with van der Waals surface area (Å²) in [6.45, 7) is 0. The van der Waals surface area contributed by atoms with Gasteiger partial charge in [0.2, 0.25) is 0 Å². The average Bonchev–Trinajstić information content (AvgIpc) is 2.27. The highest BCUT2D eigenvalue weighted by molar-refractivity contribution is 9.09. The molecule has 1 rings (SSSR count). The van der Waals surface area contributed by atoms with E-state index in [9.17, 15) is 20.3 Å². The molecule has 82 valence electrons. The molecule has 1 aromatic heterocycles. The highest BCUT2D eigenvalue weighted by Gasteiger charge is 2.19. The molecule has 0 aliphatic rings. The zero-order valence-electron chi connectivity index (χ0n) is 7.58. The number of rotatable bonds is 4. The number of alkyl halides is 1. The Balaban J connectivity index is 2.84. The number of aliphatic hydroxyl groups excluding tert-OH is 2. The first-order valence-electron chi connectivity index (χ1n) is 4.08. The summed E-state index contributed by atoms with van der Waals surface area (Å²) in [5.74, 6) is 0. The predicted octanol–water partition coefficient (Wildman–Crippen LogP) is 0.779. The standard InChI is InChI=1S/C8H9BrN2O4/c9-3-7(12)8(13)6-2-1-5(4-10-6)11(14)15/h1-2,4,7-8,12-13H,3H2. The summed E-state index contributed by atoms with van der Waals surface area (Å²) in [6.07, 6.45) is -1.09. The maximum absolute atomic E-state index is 10.3. The summed E-state index contributed by atoms with van der Waals surface area (Å²) in [5.41, 5.74) is 0.0480. The third-order valence-electron chi connectivity index (χ3n) is 1.81. The van der Waals surface area contributed by atoms with Crippen LogP contribution in [0.2, 0.25) is 0 Å². The number of aliphatic hydroxyl groups is 2. The minimum Gasteiger partial charge on any atom is -0.389 e. The van der Waals surface area contributed by atoms with Crippen molar-refractivity contribution < 1.29 is 15.1 Å². The van der Waals surface area contributed by atoms with Crippen molar-refractivity contribution in [2.45, 2.75) is 12.2 Å². The van der Waals surface area contributed by atoms with Gasteiger partial charge in [0.1, 0.15) is 12.3 Å². The highest BCUT2D eigenvalue weighted by Crippen LogP contribution is 2.18. The minimum absolute atomic E-state index is 0.153. The van der Waals surface area contributed by atoms with Crippen molar-refractivity contribution in [3.63, 3.8) is 0 Å². The fourth-order valence-corrected chi connectivity index (χ4v) is 1.32. The lowest BCUT2D eigenvalue weighted by molar-refractivity contribution is -0.385. The van der Waals surface area contributed by atoms with Gasteiger partial charge in [-0.2, -0.15) is 0 Å². The molecule has 0 aromatic carbocycles. The van der Waals surface area contributed by atoms with Gasteiger partial charge in [0.15, 0.2) is 0 Å². The molecule has 0 saturated heterocycles. The van der Waals surface area contributed by atoms with Crippen molar-refractivity contribution in [3.8, 4) is 0 Å². The zero-order valence-corrected chi connectivity index (χ0v) is 9.16. The van der Waals surface area contributed by atoms with Crippen molar-refractivity contribution in [3.05, 3.63) is 34.1 Å². The third-order valence-corrected chi connectivity index (χ3v) is 2.47. The van der Waals surface area contributed by atoms with Gasteiger partial charge in [-0.1, -0.05) is 15.9 Å². The van der Waals surface area contributed by atoms with Crippen molar-refractivity contribution >= 4 is 21.6 Å². The van der Waals surface area contributed by atoms with E-state index in [0.717, 1.165) is 6.20 Å². The summed E-state index contributed by atoms with van der Waals surface area (Å²) >= 11 is 3.00. The van der Waals surface area contributed by atoms with E-state index in [1.54, 1.807) is 0 Å². The van der Waals surface area contributed by atoms with Gasteiger partial charge < -0.3 is 10.2 Å². The maximum atomic E-state index is 10.3. The fraction of sp³-hybridized carbons (Fsp3) is 0.375. The summed E-state index contributed by atoms with van der Waals surface area (Å²) in [6, 6.07) is 2.54. The van der Waals surface area contributed by atoms with Crippen LogP contribution < -0.4 is 0 Å². The lowest BCUT2D eigenvalue weighted by atomic mass is 10.1. The number of pyridine rings is 1. The second kappa shape index (κ2) is 5.15. The van der Waals surface area contributed by atoms with Crippen LogP contribution in [0.3, 0.4) is 0 Å². The number of nitrogens with zero attached hydrogens (tertiary/aromatic N) is 2. The monoisotopic (exact) mass is 276 g/mol. The molecule has 0 aliphatic carbocycles. The Labute approximate surface area is 93.9 Å². The number of nitro groups is 1. The predicted molar refractivity (Wildman–Crippen MR) is 55.7 cm³/mol. The van der Waals surface area contributed by atoms with E-state index in [4.69, 9.17) is 0 Å². The van der Waals surface area contributed by atoms with Crippen LogP contribution >= 0.6 is 15.9 Å². The van der Waals surface area contributed by atoms with E-state index in [1.165, 1.54) is 12.1 Å². The second-order valence-electron chi connectivity index (χ2n) is 2.86. The normalized spacial score (nSPS) is 14.6. The molecule has 0 saturated carbocycles. The summed E-state index contributed by atoms with van der Waals surface area (Å²) in [7, 11) is 0. The molecule has 15 heavy (non-hydrogen) atoms. The Morgan fingerprint density at radius 3 is 2.60 bits per heavy atom. The van der Waals surface area contributed by atoms with E-state index in [1.807, 2.05) is 0 Å². The molecule has 0 aliphatic heterocycles. The molecule has 2 unspecified atom stereocenters. The van der Waals surface area contributed by atoms with Crippen molar-refractivity contribution in [1.82, 2.24) is 4.98 Å². The number of hydrogen-bond acceptors (Lipinski definition) is 5. The number of halogens is 1. The van der Waals surface area contributed by atoms with E-state index in [2.05, 4.69) is 20.9 Å². The molecule has 0 amide bonds. The number of aromatic nitrogens is 1. The highest BCUT2D eigenvalue weighted by atomic mass is 79.9. The van der Waals surface area contributed by atoms with Crippen LogP contribution in [-0.4, -0.2) is 31.6 Å². The van der Waals surface area contributed by atoms with Crippen LogP contribution in [0.25, 0.3) is 0 Å². The zero-order chi connectivity index (χ0) is 11.4. The molecule has 1 aromatic rings. The molecule has 1 heterocycles. The van der Waals surface area contributed by atoms with Crippen LogP contribution in [0.1, 0.15) is 11.8 Å². The van der Waals surface area contributed by atoms with Crippen LogP contribution in [0.5, 0.6) is 0 Å². The summed E-state index contributed by atoms with van der Waals surface area (Å²) in [4.78, 5) is 13.4. The van der Waals surface area contributed by atoms with E-state index in [0.29, 0.717) is 0 Å². The molecule has 2 atom stereocenters. The Morgan fingerprint density at radius 1 is 1.53 bits per heavy atom. The summed E-state index contributed by atoms with van der Waals surface area (Å²) in [5, 5.41) is 29.3. The van der Waals surface area contributed by atoms with Gasteiger partial charge in [-0.15, -0.1) is 0 Å². The van der Waals surface area contributed by atoms with Gasteiger partial charge in [-0.25, -0.2) is 0 Å². The van der Waals surface area contributed by atoms with Crippen molar-refractivity contribution in [1.29, 1.82) is 0 Å². The molecule has 0 spiro atoms. The fourth-order valence-electron chi connectivity index (χ4n) is 0.962. The Hall–Kier alpha value is -1.05. The van der Waals surface area contributed by atoms with E-state index < -0.39 is 17.1 Å². The molecule has 0 bridgehead atoms. The maximum Gasteiger partial charge on any atom is 0.287 e. The van der Waals surface area contributed by atoms with Crippen LogP contribution in [-0.2, 0) is 0 Å². The van der Waals surface area contributed by atoms with Crippen molar-refractivity contribution in [2.75, 3.05) is 5.33 Å². The lowest BCUT2D eigenvalue weighted by Crippen LogP contribution is -2.20. The molecular weight excluding hydrogens is 268 g/mol. The first kappa shape index (κ1) is 12.0. The second-order valence-corrected chi connectivity index (χ2v) is 3.51. The number of hydrogen-bond donors (Lipinski definition) is 2. The van der Waals surface area contributed by atoms with Gasteiger partial charge in [0, 0.05) is 11.4 Å². The quantitative estimate of drug-likeness (QED) is 0.481. The molecule has 6 nitrogen and oxygen atoms in total. The molecule has 2 N–H and O–H groups in total. The minimum atomic E-state index is -1.15. The lowest BCUT2D eigenvalue weighted by Gasteiger charge is -2.14. The van der Waals surface area contributed by atoms with Crippen LogP contribution in [0.15, 0.2) is 18.3 Å².